The lowest BCUT2D eigenvalue weighted by atomic mass is 9.90. The van der Waals surface area contributed by atoms with E-state index in [2.05, 4.69) is 33.1 Å². The van der Waals surface area contributed by atoms with Gasteiger partial charge in [-0.2, -0.15) is 0 Å². The number of benzene rings is 2. The molecular formula is C24H29N5O2. The molecule has 0 aliphatic carbocycles. The van der Waals surface area contributed by atoms with Crippen molar-refractivity contribution in [2.75, 3.05) is 31.5 Å². The highest BCUT2D eigenvalue weighted by atomic mass is 16.2. The molecule has 0 spiro atoms. The molecule has 7 nitrogen and oxygen atoms in total. The Hall–Kier alpha value is -3.35. The van der Waals surface area contributed by atoms with Crippen molar-refractivity contribution >= 4 is 23.5 Å². The zero-order valence-electron chi connectivity index (χ0n) is 17.9. The van der Waals surface area contributed by atoms with Crippen molar-refractivity contribution in [2.24, 2.45) is 4.99 Å². The molecule has 2 heterocycles. The predicted molar refractivity (Wildman–Crippen MR) is 122 cm³/mol. The van der Waals surface area contributed by atoms with Crippen molar-refractivity contribution in [3.63, 3.8) is 0 Å². The van der Waals surface area contributed by atoms with Crippen molar-refractivity contribution < 1.29 is 9.59 Å². The number of fused-ring (bicyclic) bond motifs is 2. The Kier molecular flexibility index (Phi) is 6.50. The van der Waals surface area contributed by atoms with Crippen LogP contribution in [-0.2, 0) is 22.6 Å². The maximum Gasteiger partial charge on any atom is 0.244 e. The molecule has 1 unspecified atom stereocenters. The Morgan fingerprint density at radius 2 is 1.90 bits per heavy atom. The minimum absolute atomic E-state index is 0.0213. The molecule has 2 aromatic carbocycles. The number of para-hydroxylation sites is 1. The summed E-state index contributed by atoms with van der Waals surface area (Å²) in [6.07, 6.45) is 1.31. The fourth-order valence-electron chi connectivity index (χ4n) is 4.20. The van der Waals surface area contributed by atoms with Gasteiger partial charge in [0.2, 0.25) is 11.8 Å². The Morgan fingerprint density at radius 1 is 1.13 bits per heavy atom. The van der Waals surface area contributed by atoms with Crippen LogP contribution in [0.1, 0.15) is 36.0 Å². The molecule has 0 bridgehead atoms. The van der Waals surface area contributed by atoms with E-state index in [1.807, 2.05) is 48.2 Å². The molecular weight excluding hydrogens is 390 g/mol. The van der Waals surface area contributed by atoms with Crippen LogP contribution in [0.5, 0.6) is 0 Å². The highest BCUT2D eigenvalue weighted by Gasteiger charge is 2.25. The second-order valence-electron chi connectivity index (χ2n) is 7.95. The second kappa shape index (κ2) is 9.64. The van der Waals surface area contributed by atoms with E-state index in [-0.39, 0.29) is 24.3 Å². The van der Waals surface area contributed by atoms with Crippen molar-refractivity contribution in [1.82, 2.24) is 15.5 Å². The molecule has 31 heavy (non-hydrogen) atoms. The number of amides is 2. The van der Waals surface area contributed by atoms with E-state index in [4.69, 9.17) is 0 Å². The lowest BCUT2D eigenvalue weighted by Crippen LogP contribution is -2.42. The number of aliphatic imine (C=N–C) groups is 1. The Morgan fingerprint density at radius 3 is 2.74 bits per heavy atom. The van der Waals surface area contributed by atoms with E-state index in [1.54, 1.807) is 0 Å². The highest BCUT2D eigenvalue weighted by molar-refractivity contribution is 5.95. The standard InChI is InChI=1S/C24H29N5O2/c1-2-25-24(26-14-19-13-22(30)28-21-10-6-5-9-20(19)21)27-15-23(31)29-12-11-17-7-3-4-8-18(17)16-29/h3-10,19H,2,11-16H2,1H3,(H,28,30)(H2,25,26,27). The van der Waals surface area contributed by atoms with Gasteiger partial charge in [-0.1, -0.05) is 42.5 Å². The number of nitrogens with zero attached hydrogens (tertiary/aromatic N) is 2. The number of rotatable bonds is 5. The van der Waals surface area contributed by atoms with Crippen LogP contribution in [0, 0.1) is 0 Å². The third-order valence-corrected chi connectivity index (χ3v) is 5.82. The number of carbonyl (C=O) groups excluding carboxylic acids is 2. The Bertz CT molecular complexity index is 987. The first-order chi connectivity index (χ1) is 15.1. The van der Waals surface area contributed by atoms with Gasteiger partial charge in [0.15, 0.2) is 5.96 Å². The van der Waals surface area contributed by atoms with Gasteiger partial charge in [-0.05, 0) is 36.1 Å². The van der Waals surface area contributed by atoms with Gasteiger partial charge in [0, 0.05) is 44.2 Å². The quantitative estimate of drug-likeness (QED) is 0.513. The molecule has 0 radical (unpaired) electrons. The van der Waals surface area contributed by atoms with Crippen LogP contribution in [0.4, 0.5) is 5.69 Å². The van der Waals surface area contributed by atoms with Gasteiger partial charge in [0.1, 0.15) is 6.54 Å². The zero-order valence-corrected chi connectivity index (χ0v) is 17.9. The normalized spacial score (nSPS) is 18.0. The van der Waals surface area contributed by atoms with Crippen LogP contribution in [0.15, 0.2) is 53.5 Å². The average molecular weight is 420 g/mol. The monoisotopic (exact) mass is 419 g/mol. The van der Waals surface area contributed by atoms with E-state index < -0.39 is 0 Å². The number of guanidine groups is 1. The summed E-state index contributed by atoms with van der Waals surface area (Å²) < 4.78 is 0. The van der Waals surface area contributed by atoms with Crippen molar-refractivity contribution in [3.05, 3.63) is 65.2 Å². The van der Waals surface area contributed by atoms with E-state index in [0.717, 1.165) is 24.2 Å². The molecule has 3 N–H and O–H groups in total. The maximum absolute atomic E-state index is 12.7. The summed E-state index contributed by atoms with van der Waals surface area (Å²) in [7, 11) is 0. The van der Waals surface area contributed by atoms with Crippen LogP contribution >= 0.6 is 0 Å². The van der Waals surface area contributed by atoms with Crippen LogP contribution in [0.3, 0.4) is 0 Å². The van der Waals surface area contributed by atoms with Crippen LogP contribution < -0.4 is 16.0 Å². The summed E-state index contributed by atoms with van der Waals surface area (Å²) >= 11 is 0. The van der Waals surface area contributed by atoms with Crippen molar-refractivity contribution in [2.45, 2.75) is 32.2 Å². The lowest BCUT2D eigenvalue weighted by Gasteiger charge is -2.28. The molecule has 0 saturated heterocycles. The second-order valence-corrected chi connectivity index (χ2v) is 7.95. The minimum Gasteiger partial charge on any atom is -0.357 e. The third kappa shape index (κ3) is 5.05. The first-order valence-corrected chi connectivity index (χ1v) is 10.9. The summed E-state index contributed by atoms with van der Waals surface area (Å²) in [6, 6.07) is 16.2. The number of hydrogen-bond donors (Lipinski definition) is 3. The lowest BCUT2D eigenvalue weighted by molar-refractivity contribution is -0.130. The fourth-order valence-corrected chi connectivity index (χ4v) is 4.20. The third-order valence-electron chi connectivity index (χ3n) is 5.82. The first-order valence-electron chi connectivity index (χ1n) is 10.9. The minimum atomic E-state index is 0.0213. The van der Waals surface area contributed by atoms with E-state index in [1.165, 1.54) is 11.1 Å². The average Bonchev–Trinajstić information content (AvgIpc) is 2.80. The van der Waals surface area contributed by atoms with Gasteiger partial charge in [0.05, 0.1) is 0 Å². The number of carbonyl (C=O) groups is 2. The summed E-state index contributed by atoms with van der Waals surface area (Å²) in [5.74, 6) is 0.696. The summed E-state index contributed by atoms with van der Waals surface area (Å²) in [5.41, 5.74) is 4.52. The molecule has 2 aliphatic rings. The largest absolute Gasteiger partial charge is 0.357 e. The molecule has 2 aromatic rings. The van der Waals surface area contributed by atoms with Crippen LogP contribution in [0.2, 0.25) is 0 Å². The van der Waals surface area contributed by atoms with Gasteiger partial charge in [-0.3, -0.25) is 9.59 Å². The van der Waals surface area contributed by atoms with E-state index >= 15 is 0 Å². The smallest absolute Gasteiger partial charge is 0.244 e. The molecule has 0 saturated carbocycles. The molecule has 0 fully saturated rings. The topological polar surface area (TPSA) is 85.8 Å². The van der Waals surface area contributed by atoms with Gasteiger partial charge in [0.25, 0.3) is 0 Å². The van der Waals surface area contributed by atoms with Gasteiger partial charge >= 0.3 is 0 Å². The molecule has 0 aromatic heterocycles. The fraction of sp³-hybridized carbons (Fsp3) is 0.375. The van der Waals surface area contributed by atoms with Gasteiger partial charge in [-0.25, -0.2) is 4.99 Å². The summed E-state index contributed by atoms with van der Waals surface area (Å²) in [6.45, 7) is 4.72. The molecule has 2 aliphatic heterocycles. The molecule has 2 amide bonds. The summed E-state index contributed by atoms with van der Waals surface area (Å²) in [4.78, 5) is 31.2. The number of hydrogen-bond acceptors (Lipinski definition) is 3. The number of anilines is 1. The Balaban J connectivity index is 1.37. The first kappa shape index (κ1) is 20.9. The van der Waals surface area contributed by atoms with Crippen molar-refractivity contribution in [1.29, 1.82) is 0 Å². The van der Waals surface area contributed by atoms with Crippen LogP contribution in [0.25, 0.3) is 0 Å². The van der Waals surface area contributed by atoms with Crippen molar-refractivity contribution in [3.8, 4) is 0 Å². The molecule has 4 rings (SSSR count). The molecule has 7 heteroatoms. The van der Waals surface area contributed by atoms with E-state index in [9.17, 15) is 9.59 Å². The van der Waals surface area contributed by atoms with E-state index in [0.29, 0.717) is 32.0 Å². The molecule has 1 atom stereocenters. The zero-order chi connectivity index (χ0) is 21.6. The number of nitrogens with one attached hydrogen (secondary N) is 3. The SMILES string of the molecule is CCNC(=NCC(=O)N1CCc2ccccc2C1)NCC1CC(=O)Nc2ccccc21. The Labute approximate surface area is 182 Å². The van der Waals surface area contributed by atoms with Gasteiger partial charge in [-0.15, -0.1) is 0 Å². The predicted octanol–water partition coefficient (Wildman–Crippen LogP) is 2.25. The highest BCUT2D eigenvalue weighted by Crippen LogP contribution is 2.31. The maximum atomic E-state index is 12.7. The van der Waals surface area contributed by atoms with Crippen LogP contribution in [-0.4, -0.2) is 48.9 Å². The molecule has 162 valence electrons. The summed E-state index contributed by atoms with van der Waals surface area (Å²) in [5, 5.41) is 9.44. The van der Waals surface area contributed by atoms with Gasteiger partial charge < -0.3 is 20.9 Å².